The summed E-state index contributed by atoms with van der Waals surface area (Å²) in [5, 5.41) is 9.42. The number of hydrogen-bond acceptors (Lipinski definition) is 4. The van der Waals surface area contributed by atoms with Crippen LogP contribution in [0.4, 0.5) is 5.69 Å². The van der Waals surface area contributed by atoms with Crippen molar-refractivity contribution in [3.63, 3.8) is 0 Å². The van der Waals surface area contributed by atoms with Crippen LogP contribution in [0.3, 0.4) is 0 Å². The van der Waals surface area contributed by atoms with Crippen molar-refractivity contribution < 1.29 is 9.53 Å². The predicted molar refractivity (Wildman–Crippen MR) is 71.4 cm³/mol. The number of carbonyl (C=O) groups is 1. The molecule has 2 rings (SSSR count). The second-order valence-electron chi connectivity index (χ2n) is 4.59. The first-order valence-electron chi connectivity index (χ1n) is 6.18. The third-order valence-electron chi connectivity index (χ3n) is 3.37. The van der Waals surface area contributed by atoms with Gasteiger partial charge in [0.05, 0.1) is 0 Å². The quantitative estimate of drug-likeness (QED) is 0.763. The SMILES string of the molecule is CCOC1N(c2ccccc2)C(=O)C1(C#N)N(C)C. The average molecular weight is 259 g/mol. The molecule has 2 atom stereocenters. The Kier molecular flexibility index (Phi) is 3.56. The Morgan fingerprint density at radius 3 is 2.53 bits per heavy atom. The minimum Gasteiger partial charge on any atom is -0.354 e. The van der Waals surface area contributed by atoms with Gasteiger partial charge in [0, 0.05) is 12.3 Å². The number of ether oxygens (including phenoxy) is 1. The van der Waals surface area contributed by atoms with E-state index in [4.69, 9.17) is 4.74 Å². The molecule has 100 valence electrons. The molecule has 0 N–H and O–H groups in total. The smallest absolute Gasteiger partial charge is 0.269 e. The van der Waals surface area contributed by atoms with Gasteiger partial charge in [-0.1, -0.05) is 18.2 Å². The summed E-state index contributed by atoms with van der Waals surface area (Å²) in [5.41, 5.74) is -0.482. The normalized spacial score (nSPS) is 26.2. The molecule has 0 bridgehead atoms. The fraction of sp³-hybridized carbons (Fsp3) is 0.429. The zero-order chi connectivity index (χ0) is 14.0. The van der Waals surface area contributed by atoms with E-state index in [1.54, 1.807) is 19.0 Å². The van der Waals surface area contributed by atoms with E-state index >= 15 is 0 Å². The maximum absolute atomic E-state index is 12.4. The molecule has 1 aromatic rings. The van der Waals surface area contributed by atoms with Crippen molar-refractivity contribution in [3.8, 4) is 6.07 Å². The van der Waals surface area contributed by atoms with Gasteiger partial charge >= 0.3 is 0 Å². The number of anilines is 1. The number of rotatable bonds is 4. The lowest BCUT2D eigenvalue weighted by Gasteiger charge is -2.53. The van der Waals surface area contributed by atoms with Gasteiger partial charge in [-0.15, -0.1) is 0 Å². The van der Waals surface area contributed by atoms with Crippen LogP contribution in [-0.4, -0.2) is 43.3 Å². The molecule has 0 saturated carbocycles. The molecule has 19 heavy (non-hydrogen) atoms. The maximum atomic E-state index is 12.4. The monoisotopic (exact) mass is 259 g/mol. The molecule has 0 aromatic heterocycles. The van der Waals surface area contributed by atoms with Gasteiger partial charge in [0.25, 0.3) is 5.91 Å². The number of nitriles is 1. The molecule has 0 spiro atoms. The molecule has 5 nitrogen and oxygen atoms in total. The summed E-state index contributed by atoms with van der Waals surface area (Å²) in [6, 6.07) is 11.4. The minimum atomic E-state index is -1.23. The Morgan fingerprint density at radius 2 is 2.05 bits per heavy atom. The summed E-state index contributed by atoms with van der Waals surface area (Å²) in [6.07, 6.45) is -0.576. The lowest BCUT2D eigenvalue weighted by molar-refractivity contribution is -0.154. The fourth-order valence-corrected chi connectivity index (χ4v) is 2.33. The first-order chi connectivity index (χ1) is 9.09. The Morgan fingerprint density at radius 1 is 1.42 bits per heavy atom. The third-order valence-corrected chi connectivity index (χ3v) is 3.37. The van der Waals surface area contributed by atoms with Gasteiger partial charge in [0.1, 0.15) is 6.07 Å². The summed E-state index contributed by atoms with van der Waals surface area (Å²) in [4.78, 5) is 15.6. The van der Waals surface area contributed by atoms with Crippen LogP contribution in [0, 0.1) is 11.3 Å². The Hall–Kier alpha value is -1.90. The molecule has 5 heteroatoms. The number of amides is 1. The van der Waals surface area contributed by atoms with Gasteiger partial charge in [0.2, 0.25) is 5.54 Å². The molecule has 0 aliphatic carbocycles. The predicted octanol–water partition coefficient (Wildman–Crippen LogP) is 1.22. The standard InChI is InChI=1S/C14H17N3O2/c1-4-19-13-14(10-15,16(2)3)12(18)17(13)11-8-6-5-7-9-11/h5-9,13H,4H2,1-3H3. The zero-order valence-corrected chi connectivity index (χ0v) is 11.3. The van der Waals surface area contributed by atoms with E-state index in [0.717, 1.165) is 5.69 Å². The van der Waals surface area contributed by atoms with Crippen molar-refractivity contribution in [2.75, 3.05) is 25.6 Å². The van der Waals surface area contributed by atoms with Gasteiger partial charge in [-0.3, -0.25) is 14.6 Å². The fourth-order valence-electron chi connectivity index (χ4n) is 2.33. The van der Waals surface area contributed by atoms with Crippen molar-refractivity contribution in [2.24, 2.45) is 0 Å². The zero-order valence-electron chi connectivity index (χ0n) is 11.3. The third kappa shape index (κ3) is 1.81. The van der Waals surface area contributed by atoms with E-state index in [2.05, 4.69) is 6.07 Å². The highest BCUT2D eigenvalue weighted by molar-refractivity contribution is 6.10. The van der Waals surface area contributed by atoms with E-state index < -0.39 is 11.8 Å². The first kappa shape index (κ1) is 13.5. The van der Waals surface area contributed by atoms with Crippen molar-refractivity contribution >= 4 is 11.6 Å². The average Bonchev–Trinajstić information content (AvgIpc) is 2.40. The Labute approximate surface area is 113 Å². The highest BCUT2D eigenvalue weighted by Gasteiger charge is 2.65. The summed E-state index contributed by atoms with van der Waals surface area (Å²) >= 11 is 0. The van der Waals surface area contributed by atoms with Crippen molar-refractivity contribution in [2.45, 2.75) is 18.7 Å². The molecule has 0 radical (unpaired) electrons. The summed E-state index contributed by atoms with van der Waals surface area (Å²) in [6.45, 7) is 2.29. The van der Waals surface area contributed by atoms with Gasteiger partial charge in [-0.2, -0.15) is 5.26 Å². The molecule has 1 aliphatic heterocycles. The van der Waals surface area contributed by atoms with Crippen molar-refractivity contribution in [1.29, 1.82) is 5.26 Å². The van der Waals surface area contributed by atoms with E-state index in [-0.39, 0.29) is 5.91 Å². The van der Waals surface area contributed by atoms with Crippen LogP contribution in [0.15, 0.2) is 30.3 Å². The molecule has 1 aromatic carbocycles. The molecule has 1 amide bonds. The van der Waals surface area contributed by atoms with E-state index in [1.165, 1.54) is 4.90 Å². The maximum Gasteiger partial charge on any atom is 0.269 e. The van der Waals surface area contributed by atoms with Gasteiger partial charge in [-0.05, 0) is 33.2 Å². The number of likely N-dealkylation sites (N-methyl/N-ethyl adjacent to an activating group) is 1. The van der Waals surface area contributed by atoms with Gasteiger partial charge in [-0.25, -0.2) is 0 Å². The van der Waals surface area contributed by atoms with Crippen LogP contribution in [0.2, 0.25) is 0 Å². The number of benzene rings is 1. The number of carbonyl (C=O) groups excluding carboxylic acids is 1. The summed E-state index contributed by atoms with van der Waals surface area (Å²) in [7, 11) is 3.44. The topological polar surface area (TPSA) is 56.6 Å². The number of nitrogens with zero attached hydrogens (tertiary/aromatic N) is 3. The minimum absolute atomic E-state index is 0.246. The lowest BCUT2D eigenvalue weighted by Crippen LogP contribution is -2.79. The summed E-state index contributed by atoms with van der Waals surface area (Å²) in [5.74, 6) is -0.246. The highest BCUT2D eigenvalue weighted by atomic mass is 16.5. The molecule has 1 aliphatic rings. The molecule has 2 unspecified atom stereocenters. The van der Waals surface area contributed by atoms with E-state index in [9.17, 15) is 10.1 Å². The lowest BCUT2D eigenvalue weighted by atomic mass is 9.85. The molecule has 1 heterocycles. The van der Waals surface area contributed by atoms with Crippen LogP contribution >= 0.6 is 0 Å². The molecular weight excluding hydrogens is 242 g/mol. The van der Waals surface area contributed by atoms with Crippen LogP contribution in [0.5, 0.6) is 0 Å². The van der Waals surface area contributed by atoms with Gasteiger partial charge < -0.3 is 4.74 Å². The Bertz CT molecular complexity index is 509. The Balaban J connectivity index is 2.39. The van der Waals surface area contributed by atoms with Gasteiger partial charge in [0.15, 0.2) is 6.23 Å². The number of hydrogen-bond donors (Lipinski definition) is 0. The van der Waals surface area contributed by atoms with Crippen LogP contribution in [0.25, 0.3) is 0 Å². The van der Waals surface area contributed by atoms with Crippen LogP contribution in [-0.2, 0) is 9.53 Å². The second kappa shape index (κ2) is 5.00. The van der Waals surface area contributed by atoms with Crippen molar-refractivity contribution in [3.05, 3.63) is 30.3 Å². The van der Waals surface area contributed by atoms with E-state index in [0.29, 0.717) is 6.61 Å². The first-order valence-corrected chi connectivity index (χ1v) is 6.18. The molecule has 1 saturated heterocycles. The largest absolute Gasteiger partial charge is 0.354 e. The second-order valence-corrected chi connectivity index (χ2v) is 4.59. The highest BCUT2D eigenvalue weighted by Crippen LogP contribution is 2.39. The molecular formula is C14H17N3O2. The van der Waals surface area contributed by atoms with E-state index in [1.807, 2.05) is 37.3 Å². The van der Waals surface area contributed by atoms with Crippen LogP contribution in [0.1, 0.15) is 6.92 Å². The van der Waals surface area contributed by atoms with Crippen LogP contribution < -0.4 is 4.90 Å². The summed E-state index contributed by atoms with van der Waals surface area (Å²) < 4.78 is 5.62. The molecule has 1 fully saturated rings. The number of β-lactam (4-membered cyclic amide) rings is 1. The van der Waals surface area contributed by atoms with Crippen molar-refractivity contribution in [1.82, 2.24) is 4.90 Å². The number of para-hydroxylation sites is 1.